The Balaban J connectivity index is 1.24. The number of halogens is 2. The number of aliphatic hydroxyl groups is 6. The number of aliphatic hydroxyl groups excluding tert-OH is 6. The van der Waals surface area contributed by atoms with Crippen LogP contribution < -0.4 is 62.9 Å². The molecule has 7 aliphatic rings. The van der Waals surface area contributed by atoms with Crippen molar-refractivity contribution in [1.29, 1.82) is 0 Å². The van der Waals surface area contributed by atoms with Gasteiger partial charge in [-0.3, -0.25) is 33.6 Å². The molecule has 7 aliphatic heterocycles. The zero-order chi connectivity index (χ0) is 73.5. The summed E-state index contributed by atoms with van der Waals surface area (Å²) in [6.07, 6.45) is -18.6. The predicted molar refractivity (Wildman–Crippen MR) is 349 cm³/mol. The highest BCUT2D eigenvalue weighted by atomic mass is 35.5. The van der Waals surface area contributed by atoms with E-state index in [1.54, 1.807) is 0 Å². The van der Waals surface area contributed by atoms with E-state index in [9.17, 15) is 75.0 Å². The lowest BCUT2D eigenvalue weighted by molar-refractivity contribution is -0.333. The number of carbonyl (C=O) groups excluding carboxylic acids is 7. The number of phenolic OH excluding ortho intramolecular Hbond substituents is 3. The van der Waals surface area contributed by atoms with E-state index >= 15 is 14.4 Å². The number of carboxylic acid groups (broad SMARTS) is 1. The molecular formula is C66H75Cl2N9O24. The fourth-order valence-corrected chi connectivity index (χ4v) is 12.9. The van der Waals surface area contributed by atoms with Gasteiger partial charge in [0, 0.05) is 34.7 Å². The maximum atomic E-state index is 16.0. The van der Waals surface area contributed by atoms with Crippen molar-refractivity contribution < 1.29 is 118 Å². The topological polar surface area (TPSA) is 530 Å². The van der Waals surface area contributed by atoms with E-state index in [0.717, 1.165) is 66.7 Å². The van der Waals surface area contributed by atoms with Crippen molar-refractivity contribution in [1.82, 2.24) is 37.2 Å². The molecule has 7 amide bonds. The Morgan fingerprint density at radius 1 is 0.713 bits per heavy atom. The second-order valence-corrected chi connectivity index (χ2v) is 26.5. The van der Waals surface area contributed by atoms with E-state index in [1.165, 1.54) is 33.0 Å². The summed E-state index contributed by atoms with van der Waals surface area (Å²) in [7, 11) is 1.47. The van der Waals surface area contributed by atoms with Gasteiger partial charge >= 0.3 is 5.97 Å². The van der Waals surface area contributed by atoms with Gasteiger partial charge in [-0.25, -0.2) is 4.79 Å². The average Bonchev–Trinajstić information content (AvgIpc) is 0.775. The van der Waals surface area contributed by atoms with Gasteiger partial charge in [0.25, 0.3) is 0 Å². The van der Waals surface area contributed by atoms with Crippen LogP contribution in [0.2, 0.25) is 10.0 Å². The van der Waals surface area contributed by atoms with Crippen LogP contribution >= 0.6 is 23.2 Å². The van der Waals surface area contributed by atoms with E-state index in [1.807, 2.05) is 13.8 Å². The normalized spacial score (nSPS) is 29.4. The maximum absolute atomic E-state index is 16.0. The van der Waals surface area contributed by atoms with Crippen LogP contribution in [0, 0.1) is 5.92 Å². The number of hydrogen-bond acceptors (Lipinski definition) is 25. The molecule has 2 saturated heterocycles. The molecule has 21 N–H and O–H groups in total. The number of hydrogen-bond donors (Lipinski definition) is 19. The second-order valence-electron chi connectivity index (χ2n) is 25.7. The third kappa shape index (κ3) is 15.8. The Kier molecular flexibility index (Phi) is 22.2. The van der Waals surface area contributed by atoms with Gasteiger partial charge in [-0.1, -0.05) is 55.2 Å². The van der Waals surface area contributed by atoms with Crippen LogP contribution in [-0.2, 0) is 52.6 Å². The molecule has 1 unspecified atom stereocenters. The zero-order valence-corrected chi connectivity index (χ0v) is 55.8. The molecule has 5 aromatic carbocycles. The van der Waals surface area contributed by atoms with E-state index in [2.05, 4.69) is 37.2 Å². The van der Waals surface area contributed by atoms with Gasteiger partial charge in [0.2, 0.25) is 53.4 Å². The summed E-state index contributed by atoms with van der Waals surface area (Å²) >= 11 is 14.1. The highest BCUT2D eigenvalue weighted by Crippen LogP contribution is 2.50. The quantitative estimate of drug-likeness (QED) is 0.0743. The number of phenols is 3. The minimum atomic E-state index is -2.35. The van der Waals surface area contributed by atoms with Crippen LogP contribution in [0.25, 0.3) is 11.1 Å². The molecule has 11 bridgehead atoms. The third-order valence-electron chi connectivity index (χ3n) is 17.8. The highest BCUT2D eigenvalue weighted by Gasteiger charge is 2.51. The SMILES string of the molecule is CN[C@H](CC(C)C)C(=O)NC1C(=O)N[C@@H](CC(N)=O)C(=O)N[C@H]2C(=O)N[C@H]3C(=O)N[C@H](C(=O)N[C@@H](C(=O)O)c4cc(O)cc(O)c4-c4cc3ccc4O)[C@H](O)c3ccc(c(Cl)c3)Oc3cc2cc(c3O[C@@H]2O[C@H](CO)[C@@H](O)[C@H](O)[C@H]2O[C@H]2C[C@](C)(N)[C@H](O)[C@H](C)O2)Oc2ccc(cc2Cl)[C@H]1O. The number of benzene rings is 5. The van der Waals surface area contributed by atoms with E-state index < -0.39 is 237 Å². The van der Waals surface area contributed by atoms with Gasteiger partial charge in [-0.2, -0.15) is 0 Å². The second kappa shape index (κ2) is 30.2. The number of amides is 7. The standard InChI is InChI=1S/C66H75Cl2N9O24/c1-23(2)12-34(71-5)58(88)76-49-51(83)26-7-10-38(32(67)14-26)97-40-16-28-17-41(55(40)101-65-56(54(86)53(85)42(22-78)99-65)100-44-21-66(4,70)57(87)24(3)96-44)98-39-11-8-27(15-33(39)68)52(84)50-63(93)75-48(64(94)95)31-18-29(79)19-37(81)45(31)30-13-25(6-9-36(30)80)46(60(90)77-50)74-61(91)47(28)73-59(89)35(20-43(69)82)72-62(49)92/h6-11,13-19,23-24,34-35,42,44,46-54,56-57,65,71,78-81,83-87H,12,20-22,70H2,1-5H3,(H2,69,82)(H,72,92)(H,73,89)(H,74,91)(H,75,93)(H,76,88)(H,77,90)(H,94,95)/t24-,34+,35-,42+,44-,46+,47+,48+,49?,50-,51+,52+,53+,54-,56+,57+,65-,66-/m0/s1. The fourth-order valence-electron chi connectivity index (χ4n) is 12.5. The number of fused-ring (bicyclic) bond motifs is 15. The lowest BCUT2D eigenvalue weighted by Crippen LogP contribution is -2.64. The molecular weight excluding hydrogens is 1370 g/mol. The Morgan fingerprint density at radius 3 is 1.90 bits per heavy atom. The Bertz CT molecular complexity index is 4070. The number of likely N-dealkylation sites (N-methyl/N-ethyl adjacent to an activating group) is 1. The summed E-state index contributed by atoms with van der Waals surface area (Å²) in [4.78, 5) is 117. The van der Waals surface area contributed by atoms with E-state index in [0.29, 0.717) is 0 Å². The minimum Gasteiger partial charge on any atom is -0.508 e. The number of nitrogens with two attached hydrogens (primary N) is 2. The summed E-state index contributed by atoms with van der Waals surface area (Å²) in [6, 6.07) is -0.679. The number of nitrogens with one attached hydrogen (secondary N) is 7. The molecule has 2 fully saturated rings. The first kappa shape index (κ1) is 74.5. The molecule has 33 nitrogen and oxygen atoms in total. The molecule has 35 heteroatoms. The molecule has 542 valence electrons. The number of primary amides is 1. The molecule has 0 aromatic heterocycles. The lowest BCUT2D eigenvalue weighted by Gasteiger charge is -2.47. The van der Waals surface area contributed by atoms with Gasteiger partial charge in [0.15, 0.2) is 29.9 Å². The van der Waals surface area contributed by atoms with Crippen molar-refractivity contribution in [2.45, 2.75) is 156 Å². The molecule has 0 spiro atoms. The van der Waals surface area contributed by atoms with Crippen LogP contribution in [0.5, 0.6) is 46.0 Å². The Labute approximate surface area is 584 Å². The molecule has 18 atom stereocenters. The number of carbonyl (C=O) groups is 8. The van der Waals surface area contributed by atoms with Crippen LogP contribution in [0.15, 0.2) is 78.9 Å². The van der Waals surface area contributed by atoms with E-state index in [-0.39, 0.29) is 46.2 Å². The van der Waals surface area contributed by atoms with Crippen molar-refractivity contribution >= 4 is 70.5 Å². The first-order valence-electron chi connectivity index (χ1n) is 31.6. The number of aliphatic carboxylic acids is 1. The van der Waals surface area contributed by atoms with Gasteiger partial charge in [-0.15, -0.1) is 0 Å². The molecule has 101 heavy (non-hydrogen) atoms. The number of carboxylic acids is 1. The van der Waals surface area contributed by atoms with Gasteiger partial charge < -0.3 is 128 Å². The van der Waals surface area contributed by atoms with Crippen LogP contribution in [-0.4, -0.2) is 191 Å². The molecule has 7 heterocycles. The smallest absolute Gasteiger partial charge is 0.330 e. The number of ether oxygens (including phenoxy) is 6. The number of aromatic hydroxyl groups is 3. The largest absolute Gasteiger partial charge is 0.508 e. The van der Waals surface area contributed by atoms with Crippen molar-refractivity contribution in [2.24, 2.45) is 17.4 Å². The summed E-state index contributed by atoms with van der Waals surface area (Å²) in [5.41, 5.74) is 8.00. The zero-order valence-electron chi connectivity index (χ0n) is 54.3. The van der Waals surface area contributed by atoms with Gasteiger partial charge in [0.1, 0.15) is 89.5 Å². The van der Waals surface area contributed by atoms with Crippen molar-refractivity contribution in [3.05, 3.63) is 117 Å². The third-order valence-corrected chi connectivity index (χ3v) is 18.4. The summed E-state index contributed by atoms with van der Waals surface area (Å²) in [5.74, 6) is -16.0. The summed E-state index contributed by atoms with van der Waals surface area (Å²) in [6.45, 7) is 5.66. The molecule has 0 radical (unpaired) electrons. The van der Waals surface area contributed by atoms with Gasteiger partial charge in [0.05, 0.1) is 41.3 Å². The van der Waals surface area contributed by atoms with Crippen molar-refractivity contribution in [2.75, 3.05) is 13.7 Å². The van der Waals surface area contributed by atoms with Crippen LogP contribution in [0.1, 0.15) is 105 Å². The molecule has 0 aliphatic carbocycles. The lowest BCUT2D eigenvalue weighted by atomic mass is 9.86. The Hall–Kier alpha value is -9.20. The monoisotopic (exact) mass is 1450 g/mol. The van der Waals surface area contributed by atoms with Crippen LogP contribution in [0.3, 0.4) is 0 Å². The van der Waals surface area contributed by atoms with Crippen molar-refractivity contribution in [3.63, 3.8) is 0 Å². The first-order chi connectivity index (χ1) is 47.7. The predicted octanol–water partition coefficient (Wildman–Crippen LogP) is 0.106. The van der Waals surface area contributed by atoms with Crippen molar-refractivity contribution in [3.8, 4) is 57.1 Å². The summed E-state index contributed by atoms with van der Waals surface area (Å²) < 4.78 is 38.3. The minimum absolute atomic E-state index is 0.0975. The highest BCUT2D eigenvalue weighted by molar-refractivity contribution is 6.32. The number of rotatable bonds is 13. The van der Waals surface area contributed by atoms with Gasteiger partial charge in [-0.05, 0) is 110 Å². The molecule has 12 rings (SSSR count). The maximum Gasteiger partial charge on any atom is 0.330 e. The Morgan fingerprint density at radius 2 is 1.32 bits per heavy atom. The van der Waals surface area contributed by atoms with Crippen LogP contribution in [0.4, 0.5) is 0 Å². The first-order valence-corrected chi connectivity index (χ1v) is 32.4. The average molecular weight is 1450 g/mol. The fraction of sp³-hybridized carbons (Fsp3) is 0.424. The summed E-state index contributed by atoms with van der Waals surface area (Å²) in [5, 5.41) is 131. The molecule has 0 saturated carbocycles. The molecule has 5 aromatic rings. The van der Waals surface area contributed by atoms with E-state index in [4.69, 9.17) is 63.1 Å².